The minimum atomic E-state index is -0.0744. The minimum absolute atomic E-state index is 0.0744. The fourth-order valence-electron chi connectivity index (χ4n) is 2.80. The zero-order valence-corrected chi connectivity index (χ0v) is 13.1. The summed E-state index contributed by atoms with van der Waals surface area (Å²) < 4.78 is 10.7. The van der Waals surface area contributed by atoms with E-state index < -0.39 is 0 Å². The van der Waals surface area contributed by atoms with Gasteiger partial charge in [0.2, 0.25) is 5.91 Å². The fourth-order valence-corrected chi connectivity index (χ4v) is 2.80. The Bertz CT molecular complexity index is 502. The first-order valence-electron chi connectivity index (χ1n) is 7.29. The number of methoxy groups -OCH3 is 2. The van der Waals surface area contributed by atoms with Gasteiger partial charge in [-0.15, -0.1) is 0 Å². The van der Waals surface area contributed by atoms with Crippen LogP contribution in [0.5, 0.6) is 11.5 Å². The summed E-state index contributed by atoms with van der Waals surface area (Å²) in [5, 5.41) is 6.31. The normalized spacial score (nSPS) is 21.4. The van der Waals surface area contributed by atoms with Crippen LogP contribution in [0.4, 0.5) is 0 Å². The highest BCUT2D eigenvalue weighted by molar-refractivity contribution is 5.81. The molecule has 5 heteroatoms. The maximum atomic E-state index is 12.3. The van der Waals surface area contributed by atoms with Crippen molar-refractivity contribution < 1.29 is 14.3 Å². The molecule has 2 atom stereocenters. The summed E-state index contributed by atoms with van der Waals surface area (Å²) >= 11 is 0. The van der Waals surface area contributed by atoms with E-state index in [2.05, 4.69) is 10.6 Å². The van der Waals surface area contributed by atoms with Gasteiger partial charge in [-0.2, -0.15) is 0 Å². The molecule has 1 aromatic carbocycles. The van der Waals surface area contributed by atoms with E-state index in [9.17, 15) is 4.79 Å². The molecule has 2 N–H and O–H groups in total. The molecule has 1 saturated heterocycles. The van der Waals surface area contributed by atoms with Gasteiger partial charge in [-0.05, 0) is 25.5 Å². The number of hydrogen-bond acceptors (Lipinski definition) is 4. The van der Waals surface area contributed by atoms with E-state index in [1.54, 1.807) is 14.2 Å². The Kier molecular flexibility index (Phi) is 5.07. The van der Waals surface area contributed by atoms with Crippen molar-refractivity contribution in [3.05, 3.63) is 23.8 Å². The highest BCUT2D eigenvalue weighted by atomic mass is 16.5. The Morgan fingerprint density at radius 3 is 2.67 bits per heavy atom. The van der Waals surface area contributed by atoms with E-state index in [1.165, 1.54) is 0 Å². The molecule has 1 heterocycles. The number of carbonyl (C=O) groups excluding carboxylic acids is 1. The lowest BCUT2D eigenvalue weighted by Gasteiger charge is -2.22. The second-order valence-corrected chi connectivity index (χ2v) is 5.64. The molecule has 1 aliphatic heterocycles. The molecule has 0 aliphatic carbocycles. The average molecular weight is 292 g/mol. The van der Waals surface area contributed by atoms with E-state index in [1.807, 2.05) is 32.0 Å². The maximum Gasteiger partial charge on any atom is 0.225 e. The van der Waals surface area contributed by atoms with E-state index in [4.69, 9.17) is 9.47 Å². The van der Waals surface area contributed by atoms with Crippen LogP contribution >= 0.6 is 0 Å². The first kappa shape index (κ1) is 15.6. The van der Waals surface area contributed by atoms with Crippen LogP contribution in [0.3, 0.4) is 0 Å². The Morgan fingerprint density at radius 1 is 1.29 bits per heavy atom. The molecule has 0 aromatic heterocycles. The second-order valence-electron chi connectivity index (χ2n) is 5.64. The van der Waals surface area contributed by atoms with Gasteiger partial charge in [-0.3, -0.25) is 4.79 Å². The van der Waals surface area contributed by atoms with Gasteiger partial charge < -0.3 is 20.1 Å². The fraction of sp³-hybridized carbons (Fsp3) is 0.562. The zero-order chi connectivity index (χ0) is 15.4. The summed E-state index contributed by atoms with van der Waals surface area (Å²) in [6, 6.07) is 5.92. The first-order chi connectivity index (χ1) is 10.1. The lowest BCUT2D eigenvalue weighted by Crippen LogP contribution is -2.38. The molecule has 1 aliphatic rings. The number of benzene rings is 1. The maximum absolute atomic E-state index is 12.3. The van der Waals surface area contributed by atoms with Gasteiger partial charge in [0, 0.05) is 31.1 Å². The quantitative estimate of drug-likeness (QED) is 0.864. The van der Waals surface area contributed by atoms with E-state index in [0.29, 0.717) is 6.54 Å². The van der Waals surface area contributed by atoms with Gasteiger partial charge in [0.1, 0.15) is 11.5 Å². The van der Waals surface area contributed by atoms with Crippen molar-refractivity contribution in [2.75, 3.05) is 27.3 Å². The molecule has 2 unspecified atom stereocenters. The molecule has 1 aromatic rings. The van der Waals surface area contributed by atoms with Crippen molar-refractivity contribution in [2.24, 2.45) is 5.92 Å². The van der Waals surface area contributed by atoms with Crippen molar-refractivity contribution in [1.29, 1.82) is 0 Å². The SMILES string of the molecule is COc1ccc(C2CNCC2C(=O)NC(C)C)c(OC)c1. The van der Waals surface area contributed by atoms with E-state index in [-0.39, 0.29) is 23.8 Å². The molecule has 0 bridgehead atoms. The highest BCUT2D eigenvalue weighted by Crippen LogP contribution is 2.36. The van der Waals surface area contributed by atoms with Crippen LogP contribution in [-0.4, -0.2) is 39.3 Å². The third-order valence-corrected chi connectivity index (χ3v) is 3.82. The Hall–Kier alpha value is -1.75. The molecule has 1 amide bonds. The molecule has 0 radical (unpaired) electrons. The van der Waals surface area contributed by atoms with Crippen molar-refractivity contribution in [3.63, 3.8) is 0 Å². The van der Waals surface area contributed by atoms with Crippen LogP contribution in [0.2, 0.25) is 0 Å². The predicted molar refractivity (Wildman–Crippen MR) is 81.9 cm³/mol. The number of carbonyl (C=O) groups is 1. The topological polar surface area (TPSA) is 59.6 Å². The van der Waals surface area contributed by atoms with E-state index >= 15 is 0 Å². The van der Waals surface area contributed by atoms with Crippen molar-refractivity contribution >= 4 is 5.91 Å². The number of nitrogens with one attached hydrogen (secondary N) is 2. The third-order valence-electron chi connectivity index (χ3n) is 3.82. The predicted octanol–water partition coefficient (Wildman–Crippen LogP) is 1.53. The van der Waals surface area contributed by atoms with Gasteiger partial charge in [-0.25, -0.2) is 0 Å². The van der Waals surface area contributed by atoms with Gasteiger partial charge in [0.25, 0.3) is 0 Å². The Balaban J connectivity index is 2.25. The van der Waals surface area contributed by atoms with Gasteiger partial charge in [-0.1, -0.05) is 6.07 Å². The van der Waals surface area contributed by atoms with Crippen molar-refractivity contribution in [2.45, 2.75) is 25.8 Å². The van der Waals surface area contributed by atoms with Crippen molar-refractivity contribution in [1.82, 2.24) is 10.6 Å². The Morgan fingerprint density at radius 2 is 2.05 bits per heavy atom. The third kappa shape index (κ3) is 3.47. The van der Waals surface area contributed by atoms with Crippen LogP contribution in [0.25, 0.3) is 0 Å². The van der Waals surface area contributed by atoms with Gasteiger partial charge >= 0.3 is 0 Å². The highest BCUT2D eigenvalue weighted by Gasteiger charge is 2.35. The standard InChI is InChI=1S/C16H24N2O3/c1-10(2)18-16(19)14-9-17-8-13(14)12-6-5-11(20-3)7-15(12)21-4/h5-7,10,13-14,17H,8-9H2,1-4H3,(H,18,19). The summed E-state index contributed by atoms with van der Waals surface area (Å²) in [5.41, 5.74) is 1.05. The molecular formula is C16H24N2O3. The molecular weight excluding hydrogens is 268 g/mol. The van der Waals surface area contributed by atoms with Crippen LogP contribution in [-0.2, 0) is 4.79 Å². The molecule has 1 fully saturated rings. The summed E-state index contributed by atoms with van der Waals surface area (Å²) in [6.45, 7) is 5.42. The van der Waals surface area contributed by atoms with Gasteiger partial charge in [0.05, 0.1) is 20.1 Å². The zero-order valence-electron chi connectivity index (χ0n) is 13.1. The average Bonchev–Trinajstić information content (AvgIpc) is 2.95. The summed E-state index contributed by atoms with van der Waals surface area (Å²) in [7, 11) is 3.27. The molecule has 0 spiro atoms. The van der Waals surface area contributed by atoms with Crippen LogP contribution in [0.1, 0.15) is 25.3 Å². The molecule has 116 valence electrons. The molecule has 21 heavy (non-hydrogen) atoms. The molecule has 5 nitrogen and oxygen atoms in total. The molecule has 0 saturated carbocycles. The monoisotopic (exact) mass is 292 g/mol. The number of rotatable bonds is 5. The van der Waals surface area contributed by atoms with E-state index in [0.717, 1.165) is 23.6 Å². The summed E-state index contributed by atoms with van der Waals surface area (Å²) in [6.07, 6.45) is 0. The smallest absolute Gasteiger partial charge is 0.225 e. The number of amides is 1. The summed E-state index contributed by atoms with van der Waals surface area (Å²) in [5.74, 6) is 1.66. The van der Waals surface area contributed by atoms with Crippen LogP contribution < -0.4 is 20.1 Å². The van der Waals surface area contributed by atoms with Crippen molar-refractivity contribution in [3.8, 4) is 11.5 Å². The lowest BCUT2D eigenvalue weighted by atomic mass is 9.87. The summed E-state index contributed by atoms with van der Waals surface area (Å²) in [4.78, 5) is 12.3. The number of hydrogen-bond donors (Lipinski definition) is 2. The largest absolute Gasteiger partial charge is 0.497 e. The minimum Gasteiger partial charge on any atom is -0.497 e. The second kappa shape index (κ2) is 6.80. The lowest BCUT2D eigenvalue weighted by molar-refractivity contribution is -0.125. The molecule has 2 rings (SSSR count). The number of ether oxygens (including phenoxy) is 2. The Labute approximate surface area is 126 Å². The van der Waals surface area contributed by atoms with Gasteiger partial charge in [0.15, 0.2) is 0 Å². The van der Waals surface area contributed by atoms with Crippen LogP contribution in [0.15, 0.2) is 18.2 Å². The first-order valence-corrected chi connectivity index (χ1v) is 7.29. The van der Waals surface area contributed by atoms with Crippen LogP contribution in [0, 0.1) is 5.92 Å².